The number of hydrogen-bond donors (Lipinski definition) is 2. The second-order valence-corrected chi connectivity index (χ2v) is 6.87. The molecule has 0 saturated carbocycles. The average molecular weight is 382 g/mol. The van der Waals surface area contributed by atoms with E-state index in [1.807, 2.05) is 12.1 Å². The summed E-state index contributed by atoms with van der Waals surface area (Å²) >= 11 is 0. The van der Waals surface area contributed by atoms with E-state index in [4.69, 9.17) is 4.42 Å². The van der Waals surface area contributed by atoms with Crippen molar-refractivity contribution in [3.8, 4) is 28.2 Å². The maximum Gasteiger partial charge on any atom is 0.335 e. The molecule has 0 saturated heterocycles. The Bertz CT molecular complexity index is 1440. The van der Waals surface area contributed by atoms with Crippen LogP contribution in [0.4, 0.5) is 0 Å². The van der Waals surface area contributed by atoms with E-state index < -0.39 is 5.97 Å². The maximum atomic E-state index is 11.9. The number of benzene rings is 4. The van der Waals surface area contributed by atoms with Gasteiger partial charge in [-0.3, -0.25) is 4.79 Å². The zero-order valence-electron chi connectivity index (χ0n) is 15.0. The second-order valence-electron chi connectivity index (χ2n) is 6.87. The number of phenols is 1. The number of fused-ring (bicyclic) bond motifs is 4. The first-order valence-corrected chi connectivity index (χ1v) is 8.97. The highest BCUT2D eigenvalue weighted by Crippen LogP contribution is 2.42. The molecule has 5 rings (SSSR count). The van der Waals surface area contributed by atoms with Gasteiger partial charge in [0, 0.05) is 28.0 Å². The number of carboxylic acids is 1. The van der Waals surface area contributed by atoms with Gasteiger partial charge < -0.3 is 14.6 Å². The fourth-order valence-electron chi connectivity index (χ4n) is 3.73. The molecule has 0 radical (unpaired) electrons. The summed E-state index contributed by atoms with van der Waals surface area (Å²) in [4.78, 5) is 23.2. The van der Waals surface area contributed by atoms with Gasteiger partial charge >= 0.3 is 5.97 Å². The number of aromatic carboxylic acids is 1. The number of carboxylic acid groups (broad SMARTS) is 1. The zero-order chi connectivity index (χ0) is 20.1. The zero-order valence-corrected chi connectivity index (χ0v) is 15.0. The summed E-state index contributed by atoms with van der Waals surface area (Å²) in [6.45, 7) is 0. The van der Waals surface area contributed by atoms with Crippen LogP contribution in [0, 0.1) is 0 Å². The fourth-order valence-corrected chi connectivity index (χ4v) is 3.73. The van der Waals surface area contributed by atoms with Crippen LogP contribution < -0.4 is 5.43 Å². The Kier molecular flexibility index (Phi) is 3.64. The van der Waals surface area contributed by atoms with Gasteiger partial charge in [-0.25, -0.2) is 4.79 Å². The summed E-state index contributed by atoms with van der Waals surface area (Å²) in [6, 6.07) is 20.1. The molecular formula is C24H14O5. The molecule has 0 atom stereocenters. The molecule has 0 bridgehead atoms. The van der Waals surface area contributed by atoms with Crippen LogP contribution in [0.5, 0.6) is 5.75 Å². The number of hydrogen-bond acceptors (Lipinski definition) is 4. The minimum absolute atomic E-state index is 0.156. The highest BCUT2D eigenvalue weighted by Gasteiger charge is 2.19. The number of carbonyl (C=O) groups is 1. The maximum absolute atomic E-state index is 11.9. The van der Waals surface area contributed by atoms with Crippen molar-refractivity contribution >= 4 is 27.7 Å². The molecule has 5 heteroatoms. The molecule has 3 aromatic rings. The molecule has 140 valence electrons. The SMILES string of the molecule is O=C(O)c1ccc(-c2c3ccc(=O)cc-3oc3c2ccc2cc(O)ccc23)cc1. The van der Waals surface area contributed by atoms with Crippen LogP contribution in [0.25, 0.3) is 44.2 Å². The van der Waals surface area contributed by atoms with Gasteiger partial charge in [-0.05, 0) is 59.5 Å². The average Bonchev–Trinajstić information content (AvgIpc) is 2.71. The quantitative estimate of drug-likeness (QED) is 0.327. The van der Waals surface area contributed by atoms with E-state index in [1.54, 1.807) is 48.5 Å². The summed E-state index contributed by atoms with van der Waals surface area (Å²) in [6.07, 6.45) is 0. The normalized spacial score (nSPS) is 11.3. The second kappa shape index (κ2) is 6.21. The smallest absolute Gasteiger partial charge is 0.335 e. The Balaban J connectivity index is 1.93. The first-order valence-electron chi connectivity index (χ1n) is 8.97. The van der Waals surface area contributed by atoms with Gasteiger partial charge in [0.15, 0.2) is 5.43 Å². The van der Waals surface area contributed by atoms with Crippen molar-refractivity contribution in [2.75, 3.05) is 0 Å². The molecule has 29 heavy (non-hydrogen) atoms. The monoisotopic (exact) mass is 382 g/mol. The van der Waals surface area contributed by atoms with Crippen LogP contribution in [-0.2, 0) is 0 Å². The lowest BCUT2D eigenvalue weighted by molar-refractivity contribution is 0.0697. The van der Waals surface area contributed by atoms with Crippen LogP contribution >= 0.6 is 0 Å². The van der Waals surface area contributed by atoms with E-state index in [-0.39, 0.29) is 16.7 Å². The van der Waals surface area contributed by atoms with Crippen molar-refractivity contribution in [1.82, 2.24) is 0 Å². The molecular weight excluding hydrogens is 368 g/mol. The molecule has 1 aliphatic carbocycles. The molecule has 0 spiro atoms. The molecule has 1 aliphatic heterocycles. The Labute approximate surface area is 164 Å². The van der Waals surface area contributed by atoms with Crippen molar-refractivity contribution < 1.29 is 19.4 Å². The number of phenolic OH excluding ortho intramolecular Hbond substituents is 1. The van der Waals surface area contributed by atoms with Crippen LogP contribution in [0.15, 0.2) is 82.0 Å². The summed E-state index contributed by atoms with van der Waals surface area (Å²) in [5, 5.41) is 21.4. The van der Waals surface area contributed by atoms with Crippen LogP contribution in [0.3, 0.4) is 0 Å². The third-order valence-electron chi connectivity index (χ3n) is 5.08. The lowest BCUT2D eigenvalue weighted by Gasteiger charge is -2.16. The Morgan fingerprint density at radius 2 is 1.59 bits per heavy atom. The Morgan fingerprint density at radius 1 is 0.828 bits per heavy atom. The predicted octanol–water partition coefficient (Wildman–Crippen LogP) is 5.12. The Morgan fingerprint density at radius 3 is 2.34 bits per heavy atom. The van der Waals surface area contributed by atoms with Crippen molar-refractivity contribution in [2.24, 2.45) is 0 Å². The van der Waals surface area contributed by atoms with Gasteiger partial charge in [-0.15, -0.1) is 0 Å². The van der Waals surface area contributed by atoms with Crippen LogP contribution in [0.2, 0.25) is 0 Å². The number of aromatic hydroxyl groups is 1. The van der Waals surface area contributed by atoms with E-state index >= 15 is 0 Å². The minimum Gasteiger partial charge on any atom is -0.508 e. The molecule has 5 nitrogen and oxygen atoms in total. The summed E-state index contributed by atoms with van der Waals surface area (Å²) < 4.78 is 6.13. The van der Waals surface area contributed by atoms with Crippen LogP contribution in [0.1, 0.15) is 10.4 Å². The molecule has 1 heterocycles. The molecule has 0 amide bonds. The molecule has 2 N–H and O–H groups in total. The molecule has 0 unspecified atom stereocenters. The van der Waals surface area contributed by atoms with E-state index in [9.17, 15) is 19.8 Å². The summed E-state index contributed by atoms with van der Waals surface area (Å²) in [7, 11) is 0. The molecule has 0 fully saturated rings. The predicted molar refractivity (Wildman–Crippen MR) is 111 cm³/mol. The first kappa shape index (κ1) is 17.0. The highest BCUT2D eigenvalue weighted by molar-refractivity contribution is 6.12. The number of rotatable bonds is 2. The van der Waals surface area contributed by atoms with Crippen LogP contribution in [-0.4, -0.2) is 16.2 Å². The summed E-state index contributed by atoms with van der Waals surface area (Å²) in [5.74, 6) is -0.386. The van der Waals surface area contributed by atoms with Gasteiger partial charge in [0.05, 0.1) is 5.56 Å². The van der Waals surface area contributed by atoms with Gasteiger partial charge in [-0.1, -0.05) is 18.2 Å². The van der Waals surface area contributed by atoms with Gasteiger partial charge in [0.2, 0.25) is 0 Å². The minimum atomic E-state index is -0.990. The van der Waals surface area contributed by atoms with Gasteiger partial charge in [-0.2, -0.15) is 0 Å². The van der Waals surface area contributed by atoms with E-state index in [1.165, 1.54) is 12.1 Å². The van der Waals surface area contributed by atoms with Gasteiger partial charge in [0.25, 0.3) is 0 Å². The lowest BCUT2D eigenvalue weighted by Crippen LogP contribution is -2.00. The lowest BCUT2D eigenvalue weighted by atomic mass is 9.92. The Hall–Kier alpha value is -4.12. The molecule has 3 aromatic carbocycles. The largest absolute Gasteiger partial charge is 0.508 e. The summed E-state index contributed by atoms with van der Waals surface area (Å²) in [5.41, 5.74) is 3.07. The third kappa shape index (κ3) is 2.72. The molecule has 0 aromatic heterocycles. The van der Waals surface area contributed by atoms with Crippen molar-refractivity contribution in [3.63, 3.8) is 0 Å². The van der Waals surface area contributed by atoms with E-state index in [0.29, 0.717) is 11.3 Å². The van der Waals surface area contributed by atoms with Crippen molar-refractivity contribution in [3.05, 3.63) is 88.6 Å². The third-order valence-corrected chi connectivity index (χ3v) is 5.08. The van der Waals surface area contributed by atoms with Crippen molar-refractivity contribution in [2.45, 2.75) is 0 Å². The fraction of sp³-hybridized carbons (Fsp3) is 0. The standard InChI is InChI=1S/C24H14O5/c25-16-6-9-18-15(11-16)5-8-20-22(13-1-3-14(4-2-13)24(27)28)19-10-7-17(26)12-21(19)29-23(18)20/h1-12,25H,(H,27,28). The van der Waals surface area contributed by atoms with E-state index in [2.05, 4.69) is 0 Å². The first-order chi connectivity index (χ1) is 14.0. The van der Waals surface area contributed by atoms with E-state index in [0.717, 1.165) is 32.8 Å². The van der Waals surface area contributed by atoms with Gasteiger partial charge in [0.1, 0.15) is 17.1 Å². The van der Waals surface area contributed by atoms with Crippen molar-refractivity contribution in [1.29, 1.82) is 0 Å². The highest BCUT2D eigenvalue weighted by atomic mass is 16.4. The topological polar surface area (TPSA) is 87.7 Å². The molecule has 2 aliphatic rings.